The molecule has 0 aromatic heterocycles. The Labute approximate surface area is 138 Å². The Hall–Kier alpha value is -1.00. The number of piperidine rings is 1. The van der Waals surface area contributed by atoms with Gasteiger partial charge in [0.15, 0.2) is 0 Å². The van der Waals surface area contributed by atoms with Crippen molar-refractivity contribution < 1.29 is 4.79 Å². The van der Waals surface area contributed by atoms with Crippen LogP contribution in [0.25, 0.3) is 0 Å². The van der Waals surface area contributed by atoms with Crippen LogP contribution in [0.15, 0.2) is 30.3 Å². The van der Waals surface area contributed by atoms with Crippen molar-refractivity contribution in [2.24, 2.45) is 5.92 Å². The molecular weight excluding hydrogens is 292 g/mol. The molecule has 1 N–H and O–H groups in total. The van der Waals surface area contributed by atoms with E-state index < -0.39 is 0 Å². The van der Waals surface area contributed by atoms with Crippen molar-refractivity contribution in [1.82, 2.24) is 10.2 Å². The molecule has 4 heteroatoms. The number of nitrogens with one attached hydrogen (secondary N) is 1. The van der Waals surface area contributed by atoms with Gasteiger partial charge in [-0.3, -0.25) is 4.79 Å². The van der Waals surface area contributed by atoms with Gasteiger partial charge in [-0.1, -0.05) is 30.3 Å². The number of carbonyl (C=O) groups excluding carboxylic acids is 1. The second-order valence-corrected chi connectivity index (χ2v) is 7.43. The van der Waals surface area contributed by atoms with Crippen LogP contribution in [0, 0.1) is 5.92 Å². The highest BCUT2D eigenvalue weighted by molar-refractivity contribution is 7.99. The number of hydrogen-bond donors (Lipinski definition) is 1. The molecule has 1 unspecified atom stereocenters. The lowest BCUT2D eigenvalue weighted by Crippen LogP contribution is -2.42. The molecule has 1 atom stereocenters. The SMILES string of the molecule is CNCCC1CCN(C(=O)C(C)SCc2ccccc2)CC1. The van der Waals surface area contributed by atoms with Crippen LogP contribution in [0.3, 0.4) is 0 Å². The van der Waals surface area contributed by atoms with Crippen molar-refractivity contribution in [2.45, 2.75) is 37.2 Å². The highest BCUT2D eigenvalue weighted by Crippen LogP contribution is 2.24. The van der Waals surface area contributed by atoms with Gasteiger partial charge < -0.3 is 10.2 Å². The molecule has 1 fully saturated rings. The second-order valence-electron chi connectivity index (χ2n) is 6.10. The molecule has 1 heterocycles. The van der Waals surface area contributed by atoms with Gasteiger partial charge in [-0.15, -0.1) is 11.8 Å². The van der Waals surface area contributed by atoms with Crippen molar-refractivity contribution in [3.05, 3.63) is 35.9 Å². The van der Waals surface area contributed by atoms with Gasteiger partial charge in [-0.25, -0.2) is 0 Å². The number of nitrogens with zero attached hydrogens (tertiary/aromatic N) is 1. The summed E-state index contributed by atoms with van der Waals surface area (Å²) in [5.41, 5.74) is 1.29. The molecule has 1 saturated heterocycles. The second kappa shape index (κ2) is 9.21. The number of likely N-dealkylation sites (tertiary alicyclic amines) is 1. The molecule has 0 spiro atoms. The van der Waals surface area contributed by atoms with E-state index in [4.69, 9.17) is 0 Å². The van der Waals surface area contributed by atoms with E-state index in [2.05, 4.69) is 34.5 Å². The third-order valence-electron chi connectivity index (χ3n) is 4.42. The number of hydrogen-bond acceptors (Lipinski definition) is 3. The van der Waals surface area contributed by atoms with E-state index in [9.17, 15) is 4.79 Å². The maximum Gasteiger partial charge on any atom is 0.235 e. The number of amides is 1. The summed E-state index contributed by atoms with van der Waals surface area (Å²) >= 11 is 1.74. The Morgan fingerprint density at radius 2 is 2.00 bits per heavy atom. The predicted molar refractivity (Wildman–Crippen MR) is 95.0 cm³/mol. The van der Waals surface area contributed by atoms with Crippen molar-refractivity contribution in [2.75, 3.05) is 26.7 Å². The summed E-state index contributed by atoms with van der Waals surface area (Å²) in [7, 11) is 2.00. The van der Waals surface area contributed by atoms with Crippen LogP contribution in [0.1, 0.15) is 31.7 Å². The van der Waals surface area contributed by atoms with Gasteiger partial charge in [0.2, 0.25) is 5.91 Å². The first-order valence-electron chi connectivity index (χ1n) is 8.29. The maximum absolute atomic E-state index is 12.5. The van der Waals surface area contributed by atoms with Crippen molar-refractivity contribution in [1.29, 1.82) is 0 Å². The topological polar surface area (TPSA) is 32.3 Å². The Kier molecular flexibility index (Phi) is 7.26. The largest absolute Gasteiger partial charge is 0.342 e. The summed E-state index contributed by atoms with van der Waals surface area (Å²) in [4.78, 5) is 14.6. The average Bonchev–Trinajstić information content (AvgIpc) is 2.58. The highest BCUT2D eigenvalue weighted by Gasteiger charge is 2.25. The molecule has 0 bridgehead atoms. The van der Waals surface area contributed by atoms with Crippen molar-refractivity contribution >= 4 is 17.7 Å². The molecule has 1 amide bonds. The normalized spacial score (nSPS) is 17.5. The number of thioether (sulfide) groups is 1. The zero-order chi connectivity index (χ0) is 15.8. The Morgan fingerprint density at radius 1 is 1.32 bits per heavy atom. The minimum Gasteiger partial charge on any atom is -0.342 e. The molecule has 0 radical (unpaired) electrons. The number of rotatable bonds is 7. The fraction of sp³-hybridized carbons (Fsp3) is 0.611. The minimum atomic E-state index is 0.0501. The standard InChI is InChI=1S/C18H28N2OS/c1-15(22-14-17-6-4-3-5-7-17)18(21)20-12-9-16(10-13-20)8-11-19-2/h3-7,15-16,19H,8-14H2,1-2H3. The maximum atomic E-state index is 12.5. The van der Waals surface area contributed by atoms with Gasteiger partial charge in [0, 0.05) is 18.8 Å². The van der Waals surface area contributed by atoms with Crippen molar-refractivity contribution in [3.8, 4) is 0 Å². The van der Waals surface area contributed by atoms with E-state index in [1.807, 2.05) is 20.0 Å². The van der Waals surface area contributed by atoms with Crippen molar-refractivity contribution in [3.63, 3.8) is 0 Å². The Morgan fingerprint density at radius 3 is 2.64 bits per heavy atom. The molecule has 122 valence electrons. The van der Waals surface area contributed by atoms with Crippen LogP contribution in [-0.4, -0.2) is 42.7 Å². The summed E-state index contributed by atoms with van der Waals surface area (Å²) in [6.45, 7) is 5.00. The lowest BCUT2D eigenvalue weighted by atomic mass is 9.93. The first-order valence-corrected chi connectivity index (χ1v) is 9.34. The summed E-state index contributed by atoms with van der Waals surface area (Å²) in [5.74, 6) is 2.00. The summed E-state index contributed by atoms with van der Waals surface area (Å²) in [6, 6.07) is 10.4. The van der Waals surface area contributed by atoms with Crippen LogP contribution in [0.4, 0.5) is 0 Å². The first kappa shape index (κ1) is 17.4. The van der Waals surface area contributed by atoms with Crippen LogP contribution in [0.2, 0.25) is 0 Å². The molecule has 0 saturated carbocycles. The Bertz CT molecular complexity index is 444. The molecule has 2 rings (SSSR count). The van der Waals surface area contributed by atoms with E-state index in [1.165, 1.54) is 12.0 Å². The molecular formula is C18H28N2OS. The van der Waals surface area contributed by atoms with Gasteiger partial charge in [-0.2, -0.15) is 0 Å². The van der Waals surface area contributed by atoms with Gasteiger partial charge in [0.25, 0.3) is 0 Å². The number of benzene rings is 1. The fourth-order valence-corrected chi connectivity index (χ4v) is 3.84. The molecule has 1 aliphatic heterocycles. The molecule has 1 aromatic carbocycles. The van der Waals surface area contributed by atoms with Crippen LogP contribution < -0.4 is 5.32 Å². The lowest BCUT2D eigenvalue weighted by molar-refractivity contribution is -0.131. The van der Waals surface area contributed by atoms with E-state index >= 15 is 0 Å². The van der Waals surface area contributed by atoms with Crippen LogP contribution in [0.5, 0.6) is 0 Å². The van der Waals surface area contributed by atoms with E-state index in [1.54, 1.807) is 11.8 Å². The summed E-state index contributed by atoms with van der Waals surface area (Å²) in [5, 5.41) is 3.27. The molecule has 0 aliphatic carbocycles. The third-order valence-corrected chi connectivity index (χ3v) is 5.62. The fourth-order valence-electron chi connectivity index (χ4n) is 2.91. The van der Waals surface area contributed by atoms with Gasteiger partial charge in [0.05, 0.1) is 5.25 Å². The zero-order valence-corrected chi connectivity index (χ0v) is 14.6. The smallest absolute Gasteiger partial charge is 0.235 e. The average molecular weight is 321 g/mol. The highest BCUT2D eigenvalue weighted by atomic mass is 32.2. The number of carbonyl (C=O) groups is 1. The summed E-state index contributed by atoms with van der Waals surface area (Å²) < 4.78 is 0. The van der Waals surface area contributed by atoms with Crippen LogP contribution in [-0.2, 0) is 10.5 Å². The van der Waals surface area contributed by atoms with E-state index in [-0.39, 0.29) is 5.25 Å². The van der Waals surface area contributed by atoms with Crippen LogP contribution >= 0.6 is 11.8 Å². The van der Waals surface area contributed by atoms with E-state index in [0.717, 1.165) is 44.1 Å². The predicted octanol–water partition coefficient (Wildman–Crippen LogP) is 3.16. The lowest BCUT2D eigenvalue weighted by Gasteiger charge is -2.33. The molecule has 1 aliphatic rings. The minimum absolute atomic E-state index is 0.0501. The molecule has 1 aromatic rings. The van der Waals surface area contributed by atoms with Gasteiger partial charge in [-0.05, 0) is 51.3 Å². The third kappa shape index (κ3) is 5.33. The zero-order valence-electron chi connectivity index (χ0n) is 13.8. The monoisotopic (exact) mass is 320 g/mol. The quantitative estimate of drug-likeness (QED) is 0.837. The Balaban J connectivity index is 1.72. The summed E-state index contributed by atoms with van der Waals surface area (Å²) in [6.07, 6.45) is 3.55. The first-order chi connectivity index (χ1) is 10.7. The molecule has 22 heavy (non-hydrogen) atoms. The molecule has 3 nitrogen and oxygen atoms in total. The van der Waals surface area contributed by atoms with Gasteiger partial charge >= 0.3 is 0 Å². The van der Waals surface area contributed by atoms with E-state index in [0.29, 0.717) is 5.91 Å². The van der Waals surface area contributed by atoms with Gasteiger partial charge in [0.1, 0.15) is 0 Å².